The summed E-state index contributed by atoms with van der Waals surface area (Å²) in [5.74, 6) is -6.94. The van der Waals surface area contributed by atoms with Crippen LogP contribution in [0.4, 0.5) is 22.0 Å². The number of ketones is 2. The molecule has 0 aromatic carbocycles. The number of aliphatic hydroxyl groups is 1. The highest BCUT2D eigenvalue weighted by atomic mass is 19.4. The molecule has 3 saturated carbocycles. The van der Waals surface area contributed by atoms with Gasteiger partial charge in [0.1, 0.15) is 11.8 Å². The molecule has 0 unspecified atom stereocenters. The summed E-state index contributed by atoms with van der Waals surface area (Å²) in [6, 6.07) is 0. The quantitative estimate of drug-likeness (QED) is 0.478. The second kappa shape index (κ2) is 7.45. The maximum Gasteiger partial charge on any atom is 0.395 e. The van der Waals surface area contributed by atoms with Gasteiger partial charge >= 0.3 is 12.1 Å². The van der Waals surface area contributed by atoms with E-state index in [1.165, 1.54) is 13.8 Å². The van der Waals surface area contributed by atoms with Gasteiger partial charge in [0.15, 0.2) is 18.1 Å². The van der Waals surface area contributed by atoms with Gasteiger partial charge in [0.2, 0.25) is 5.78 Å². The van der Waals surface area contributed by atoms with Crippen LogP contribution >= 0.6 is 0 Å². The molecule has 1 N–H and O–H groups in total. The van der Waals surface area contributed by atoms with Crippen molar-refractivity contribution in [3.8, 4) is 0 Å². The summed E-state index contributed by atoms with van der Waals surface area (Å²) in [7, 11) is 0. The third-order valence-corrected chi connectivity index (χ3v) is 9.07. The lowest BCUT2D eigenvalue weighted by Crippen LogP contribution is -2.69. The molecule has 0 aliphatic heterocycles. The van der Waals surface area contributed by atoms with Crippen molar-refractivity contribution in [2.24, 2.45) is 28.6 Å². The first-order valence-corrected chi connectivity index (χ1v) is 11.3. The Labute approximate surface area is 193 Å². The number of fused-ring (bicyclic) bond motifs is 5. The van der Waals surface area contributed by atoms with E-state index in [1.54, 1.807) is 0 Å². The van der Waals surface area contributed by atoms with Crippen LogP contribution in [0.15, 0.2) is 23.8 Å². The van der Waals surface area contributed by atoms with Crippen LogP contribution in [0.5, 0.6) is 0 Å². The van der Waals surface area contributed by atoms with Gasteiger partial charge in [-0.25, -0.2) is 8.78 Å². The lowest BCUT2D eigenvalue weighted by molar-refractivity contribution is -0.235. The van der Waals surface area contributed by atoms with E-state index < -0.39 is 94.8 Å². The zero-order valence-corrected chi connectivity index (χ0v) is 19.0. The summed E-state index contributed by atoms with van der Waals surface area (Å²) in [4.78, 5) is 35.9. The van der Waals surface area contributed by atoms with Crippen molar-refractivity contribution in [2.75, 3.05) is 6.61 Å². The Morgan fingerprint density at radius 3 is 2.47 bits per heavy atom. The Bertz CT molecular complexity index is 1000. The van der Waals surface area contributed by atoms with Gasteiger partial charge in [0, 0.05) is 23.7 Å². The molecule has 0 aromatic heterocycles. The number of rotatable bonds is 3. The van der Waals surface area contributed by atoms with Gasteiger partial charge in [0.25, 0.3) is 0 Å². The van der Waals surface area contributed by atoms with Crippen molar-refractivity contribution >= 4 is 17.5 Å². The summed E-state index contributed by atoms with van der Waals surface area (Å²) in [6.45, 7) is 2.89. The fourth-order valence-electron chi connectivity index (χ4n) is 7.28. The predicted molar refractivity (Wildman–Crippen MR) is 109 cm³/mol. The first-order chi connectivity index (χ1) is 15.5. The van der Waals surface area contributed by atoms with E-state index in [0.29, 0.717) is 0 Å². The molecule has 188 valence electrons. The largest absolute Gasteiger partial charge is 0.458 e. The van der Waals surface area contributed by atoms with Gasteiger partial charge in [-0.05, 0) is 56.3 Å². The number of hydrogen-bond donors (Lipinski definition) is 1. The molecule has 0 heterocycles. The molecule has 4 aliphatic rings. The van der Waals surface area contributed by atoms with Crippen molar-refractivity contribution in [3.05, 3.63) is 23.8 Å². The molecule has 4 rings (SSSR count). The minimum absolute atomic E-state index is 0.00418. The number of alkyl halides is 5. The standard InChI is InChI=1S/C24H27F5O5/c1-12(30)34-11-19(32)22(33)7-5-14-16-9-17(24(27,28)29)15-8-13(31)4-6-20(15,2)23(16,26)18(25)10-21(14,22)3/h4,6,8,14,16-18,33H,5,7,9-11H2,1-3H3/t14-,16-,17-,18-,20-,21-,22-,23-/m0/s1. The van der Waals surface area contributed by atoms with E-state index in [0.717, 1.165) is 25.2 Å². The van der Waals surface area contributed by atoms with Gasteiger partial charge in [-0.15, -0.1) is 0 Å². The maximum atomic E-state index is 17.0. The Hall–Kier alpha value is -2.10. The first kappa shape index (κ1) is 25.0. The van der Waals surface area contributed by atoms with Gasteiger partial charge in [-0.1, -0.05) is 13.0 Å². The average Bonchev–Trinajstić information content (AvgIpc) is 2.98. The smallest absolute Gasteiger partial charge is 0.395 e. The van der Waals surface area contributed by atoms with E-state index in [4.69, 9.17) is 4.74 Å². The van der Waals surface area contributed by atoms with E-state index in [1.807, 2.05) is 0 Å². The highest BCUT2D eigenvalue weighted by Crippen LogP contribution is 2.72. The monoisotopic (exact) mass is 490 g/mol. The summed E-state index contributed by atoms with van der Waals surface area (Å²) in [5.41, 5.74) is -9.02. The van der Waals surface area contributed by atoms with E-state index in [-0.39, 0.29) is 12.8 Å². The summed E-state index contributed by atoms with van der Waals surface area (Å²) in [5, 5.41) is 11.4. The number of carbonyl (C=O) groups excluding carboxylic acids is 3. The van der Waals surface area contributed by atoms with Crippen LogP contribution in [0.25, 0.3) is 0 Å². The highest BCUT2D eigenvalue weighted by Gasteiger charge is 2.76. The normalized spacial score (nSPS) is 45.7. The van der Waals surface area contributed by atoms with Crippen molar-refractivity contribution in [1.82, 2.24) is 0 Å². The number of esters is 1. The summed E-state index contributed by atoms with van der Waals surface area (Å²) >= 11 is 0. The molecular weight excluding hydrogens is 463 g/mol. The van der Waals surface area contributed by atoms with Gasteiger partial charge < -0.3 is 9.84 Å². The Balaban J connectivity index is 1.81. The van der Waals surface area contributed by atoms with E-state index in [2.05, 4.69) is 0 Å². The van der Waals surface area contributed by atoms with Crippen molar-refractivity contribution in [1.29, 1.82) is 0 Å². The number of ether oxygens (including phenoxy) is 1. The molecule has 0 saturated heterocycles. The molecule has 0 radical (unpaired) electrons. The molecule has 0 amide bonds. The summed E-state index contributed by atoms with van der Waals surface area (Å²) < 4.78 is 80.0. The molecule has 10 heteroatoms. The van der Waals surface area contributed by atoms with Crippen LogP contribution in [0.2, 0.25) is 0 Å². The third kappa shape index (κ3) is 3.09. The number of allylic oxidation sites excluding steroid dienone is 4. The summed E-state index contributed by atoms with van der Waals surface area (Å²) in [6.07, 6.45) is -5.95. The zero-order chi connectivity index (χ0) is 25.5. The molecule has 0 bridgehead atoms. The van der Waals surface area contributed by atoms with Crippen molar-refractivity contribution < 1.29 is 46.2 Å². The topological polar surface area (TPSA) is 80.7 Å². The van der Waals surface area contributed by atoms with Crippen LogP contribution in [-0.2, 0) is 19.1 Å². The van der Waals surface area contributed by atoms with Gasteiger partial charge in [-0.2, -0.15) is 13.2 Å². The second-order valence-corrected chi connectivity index (χ2v) is 10.5. The highest BCUT2D eigenvalue weighted by molar-refractivity contribution is 6.01. The Morgan fingerprint density at radius 2 is 1.88 bits per heavy atom. The van der Waals surface area contributed by atoms with E-state index >= 15 is 8.78 Å². The van der Waals surface area contributed by atoms with Crippen LogP contribution in [0.3, 0.4) is 0 Å². The molecule has 4 aliphatic carbocycles. The minimum atomic E-state index is -4.81. The van der Waals surface area contributed by atoms with E-state index in [9.17, 15) is 32.7 Å². The SMILES string of the molecule is CC(=O)OCC(=O)[C@@]1(O)CC[C@H]2[C@@H]3C[C@H](C(F)(F)F)C4=CC(=O)C=C[C@]4(C)[C@@]3(F)[C@@H](F)C[C@@]21C. The predicted octanol–water partition coefficient (Wildman–Crippen LogP) is 3.99. The molecular formula is C24H27F5O5. The molecule has 0 spiro atoms. The molecule has 8 atom stereocenters. The van der Waals surface area contributed by atoms with Crippen molar-refractivity contribution in [3.63, 3.8) is 0 Å². The Kier molecular flexibility index (Phi) is 5.48. The first-order valence-electron chi connectivity index (χ1n) is 11.3. The fraction of sp³-hybridized carbons (Fsp3) is 0.708. The maximum absolute atomic E-state index is 17.0. The molecule has 0 aromatic rings. The second-order valence-electron chi connectivity index (χ2n) is 10.5. The fourth-order valence-corrected chi connectivity index (χ4v) is 7.28. The third-order valence-electron chi connectivity index (χ3n) is 9.07. The average molecular weight is 490 g/mol. The molecule has 5 nitrogen and oxygen atoms in total. The number of carbonyl (C=O) groups is 3. The van der Waals surface area contributed by atoms with Crippen LogP contribution < -0.4 is 0 Å². The minimum Gasteiger partial charge on any atom is -0.458 e. The number of halogens is 5. The van der Waals surface area contributed by atoms with Crippen LogP contribution in [0.1, 0.15) is 46.5 Å². The van der Waals surface area contributed by atoms with Gasteiger partial charge in [-0.3, -0.25) is 14.4 Å². The number of Topliss-reactive ketones (excluding diaryl/α,β-unsaturated/α-hetero) is 1. The van der Waals surface area contributed by atoms with Crippen molar-refractivity contribution in [2.45, 2.75) is 70.1 Å². The van der Waals surface area contributed by atoms with Crippen LogP contribution in [0, 0.1) is 28.6 Å². The molecule has 3 fully saturated rings. The van der Waals surface area contributed by atoms with Crippen LogP contribution in [-0.4, -0.2) is 52.9 Å². The lowest BCUT2D eigenvalue weighted by Gasteiger charge is -2.63. The Morgan fingerprint density at radius 1 is 1.24 bits per heavy atom. The zero-order valence-electron chi connectivity index (χ0n) is 19.0. The molecule has 34 heavy (non-hydrogen) atoms. The lowest BCUT2D eigenvalue weighted by atomic mass is 9.43. The number of hydrogen-bond acceptors (Lipinski definition) is 5. The van der Waals surface area contributed by atoms with Gasteiger partial charge in [0.05, 0.1) is 5.92 Å².